The molecule has 0 amide bonds. The van der Waals surface area contributed by atoms with Gasteiger partial charge in [0.1, 0.15) is 11.9 Å². The Kier molecular flexibility index (Phi) is 3.89. The van der Waals surface area contributed by atoms with Crippen LogP contribution < -0.4 is 10.1 Å². The Morgan fingerprint density at radius 2 is 2.47 bits per heavy atom. The van der Waals surface area contributed by atoms with E-state index in [-0.39, 0.29) is 6.10 Å². The highest BCUT2D eigenvalue weighted by Gasteiger charge is 2.21. The molecule has 1 aliphatic heterocycles. The first-order valence-electron chi connectivity index (χ1n) is 5.31. The fraction of sp³-hybridized carbons (Fsp3) is 0.333. The molecular formula is C12H13N3OS. The maximum Gasteiger partial charge on any atom is 0.183 e. The molecule has 1 N–H and O–H groups in total. The van der Waals surface area contributed by atoms with Gasteiger partial charge in [0.25, 0.3) is 0 Å². The largest absolute Gasteiger partial charge is 0.488 e. The highest BCUT2D eigenvalue weighted by atomic mass is 32.2. The van der Waals surface area contributed by atoms with Crippen LogP contribution in [-0.4, -0.2) is 24.1 Å². The van der Waals surface area contributed by atoms with Crippen LogP contribution >= 0.6 is 11.8 Å². The minimum Gasteiger partial charge on any atom is -0.488 e. The van der Waals surface area contributed by atoms with E-state index in [0.29, 0.717) is 11.7 Å². The van der Waals surface area contributed by atoms with Crippen molar-refractivity contribution in [2.24, 2.45) is 4.99 Å². The van der Waals surface area contributed by atoms with E-state index < -0.39 is 0 Å². The van der Waals surface area contributed by atoms with E-state index in [1.165, 1.54) is 17.3 Å². The number of aliphatic imine (C=N–C) groups is 1. The molecule has 5 heteroatoms. The van der Waals surface area contributed by atoms with Crippen LogP contribution in [0.1, 0.15) is 5.56 Å². The first-order valence-corrected chi connectivity index (χ1v) is 6.54. The summed E-state index contributed by atoms with van der Waals surface area (Å²) in [7, 11) is 0. The third-order valence-corrected chi connectivity index (χ3v) is 3.13. The number of nitrogens with zero attached hydrogens (tertiary/aromatic N) is 2. The summed E-state index contributed by atoms with van der Waals surface area (Å²) in [5.41, 5.74) is 1.23. The highest BCUT2D eigenvalue weighted by Crippen LogP contribution is 2.28. The van der Waals surface area contributed by atoms with Crippen molar-refractivity contribution in [1.82, 2.24) is 5.32 Å². The summed E-state index contributed by atoms with van der Waals surface area (Å²) >= 11 is 1.42. The molecule has 4 nitrogen and oxygen atoms in total. The molecule has 17 heavy (non-hydrogen) atoms. The van der Waals surface area contributed by atoms with E-state index in [2.05, 4.69) is 16.4 Å². The number of ether oxygens (including phenoxy) is 1. The highest BCUT2D eigenvalue weighted by molar-refractivity contribution is 8.13. The van der Waals surface area contributed by atoms with Crippen LogP contribution in [0.4, 0.5) is 0 Å². The number of rotatable bonds is 2. The Bertz CT molecular complexity index is 442. The van der Waals surface area contributed by atoms with Crippen molar-refractivity contribution in [3.63, 3.8) is 0 Å². The normalized spacial score (nSPS) is 18.1. The fourth-order valence-electron chi connectivity index (χ4n) is 1.74. The summed E-state index contributed by atoms with van der Waals surface area (Å²) in [6.45, 7) is 0.569. The minimum absolute atomic E-state index is 0.0787. The molecule has 2 rings (SSSR count). The molecule has 1 aliphatic rings. The number of nitrogens with one attached hydrogen (secondary N) is 1. The van der Waals surface area contributed by atoms with Crippen LogP contribution in [0.2, 0.25) is 0 Å². The standard InChI is InChI=1S/C12H13N3OS/c1-17-12(15-8-13)14-7-10-6-9-4-2-3-5-11(9)16-10/h2-5,10H,6-7H2,1H3,(H,14,15). The number of hydrogen-bond donors (Lipinski definition) is 1. The summed E-state index contributed by atoms with van der Waals surface area (Å²) in [6.07, 6.45) is 4.71. The number of thioether (sulfide) groups is 1. The number of fused-ring (bicyclic) bond motifs is 1. The Morgan fingerprint density at radius 3 is 3.18 bits per heavy atom. The molecule has 88 valence electrons. The van der Waals surface area contributed by atoms with Gasteiger partial charge in [0.2, 0.25) is 0 Å². The number of nitriles is 1. The lowest BCUT2D eigenvalue weighted by molar-refractivity contribution is 0.242. The second kappa shape index (κ2) is 5.60. The lowest BCUT2D eigenvalue weighted by Gasteiger charge is -2.08. The first-order chi connectivity index (χ1) is 8.33. The van der Waals surface area contributed by atoms with Crippen molar-refractivity contribution >= 4 is 16.9 Å². The van der Waals surface area contributed by atoms with Crippen molar-refractivity contribution in [3.05, 3.63) is 29.8 Å². The molecule has 0 radical (unpaired) electrons. The summed E-state index contributed by atoms with van der Waals surface area (Å²) in [5, 5.41) is 11.7. The zero-order valence-corrected chi connectivity index (χ0v) is 10.3. The number of amidine groups is 1. The van der Waals surface area contributed by atoms with E-state index in [1.54, 1.807) is 0 Å². The van der Waals surface area contributed by atoms with Gasteiger partial charge in [-0.05, 0) is 17.9 Å². The van der Waals surface area contributed by atoms with Gasteiger partial charge in [0.05, 0.1) is 6.54 Å². The monoisotopic (exact) mass is 247 g/mol. The average Bonchev–Trinajstić information content (AvgIpc) is 2.77. The van der Waals surface area contributed by atoms with Gasteiger partial charge in [-0.3, -0.25) is 10.3 Å². The van der Waals surface area contributed by atoms with Crippen molar-refractivity contribution in [3.8, 4) is 11.9 Å². The Labute approximate surface area is 105 Å². The summed E-state index contributed by atoms with van der Waals surface area (Å²) in [6, 6.07) is 8.03. The van der Waals surface area contributed by atoms with Crippen LogP contribution in [0, 0.1) is 11.5 Å². The molecule has 1 unspecified atom stereocenters. The molecule has 1 atom stereocenters. The quantitative estimate of drug-likeness (QED) is 0.374. The molecule has 0 aliphatic carbocycles. The second-order valence-electron chi connectivity index (χ2n) is 3.64. The Morgan fingerprint density at radius 1 is 1.65 bits per heavy atom. The molecule has 1 heterocycles. The molecule has 0 spiro atoms. The van der Waals surface area contributed by atoms with E-state index in [0.717, 1.165) is 12.2 Å². The fourth-order valence-corrected chi connectivity index (χ4v) is 2.09. The zero-order chi connectivity index (χ0) is 12.1. The van der Waals surface area contributed by atoms with Gasteiger partial charge < -0.3 is 4.74 Å². The van der Waals surface area contributed by atoms with E-state index in [1.807, 2.05) is 30.6 Å². The summed E-state index contributed by atoms with van der Waals surface area (Å²) in [4.78, 5) is 4.32. The van der Waals surface area contributed by atoms with E-state index in [4.69, 9.17) is 10.00 Å². The molecule has 0 aromatic heterocycles. The summed E-state index contributed by atoms with van der Waals surface area (Å²) in [5.74, 6) is 0.951. The first kappa shape index (κ1) is 11.8. The minimum atomic E-state index is 0.0787. The summed E-state index contributed by atoms with van der Waals surface area (Å²) < 4.78 is 5.75. The topological polar surface area (TPSA) is 57.4 Å². The van der Waals surface area contributed by atoms with Gasteiger partial charge in [-0.1, -0.05) is 30.0 Å². The van der Waals surface area contributed by atoms with Crippen LogP contribution in [0.5, 0.6) is 5.75 Å². The van der Waals surface area contributed by atoms with Crippen LogP contribution in [0.15, 0.2) is 29.3 Å². The second-order valence-corrected chi connectivity index (χ2v) is 4.43. The van der Waals surface area contributed by atoms with E-state index >= 15 is 0 Å². The van der Waals surface area contributed by atoms with Gasteiger partial charge in [-0.2, -0.15) is 5.26 Å². The lowest BCUT2D eigenvalue weighted by atomic mass is 10.1. The molecule has 1 aromatic rings. The van der Waals surface area contributed by atoms with Crippen molar-refractivity contribution in [2.75, 3.05) is 12.8 Å². The smallest absolute Gasteiger partial charge is 0.183 e. The maximum absolute atomic E-state index is 8.52. The molecule has 1 aromatic carbocycles. The van der Waals surface area contributed by atoms with Crippen molar-refractivity contribution < 1.29 is 4.74 Å². The molecule has 0 saturated carbocycles. The van der Waals surface area contributed by atoms with Gasteiger partial charge in [0, 0.05) is 6.42 Å². The Hall–Kier alpha value is -1.67. The predicted octanol–water partition coefficient (Wildman–Crippen LogP) is 1.78. The maximum atomic E-state index is 8.52. The lowest BCUT2D eigenvalue weighted by Crippen LogP contribution is -2.21. The van der Waals surface area contributed by atoms with Crippen molar-refractivity contribution in [1.29, 1.82) is 5.26 Å². The number of para-hydroxylation sites is 1. The third kappa shape index (κ3) is 2.92. The van der Waals surface area contributed by atoms with Gasteiger partial charge in [-0.25, -0.2) is 0 Å². The molecule has 0 saturated heterocycles. The van der Waals surface area contributed by atoms with Crippen LogP contribution in [-0.2, 0) is 6.42 Å². The Balaban J connectivity index is 1.94. The van der Waals surface area contributed by atoms with E-state index in [9.17, 15) is 0 Å². The number of benzene rings is 1. The van der Waals surface area contributed by atoms with Gasteiger partial charge in [0.15, 0.2) is 11.4 Å². The third-order valence-electron chi connectivity index (χ3n) is 2.51. The number of hydrogen-bond acceptors (Lipinski definition) is 4. The van der Waals surface area contributed by atoms with Gasteiger partial charge >= 0.3 is 0 Å². The van der Waals surface area contributed by atoms with Crippen LogP contribution in [0.3, 0.4) is 0 Å². The molecular weight excluding hydrogens is 234 g/mol. The van der Waals surface area contributed by atoms with Crippen LogP contribution in [0.25, 0.3) is 0 Å². The average molecular weight is 247 g/mol. The molecule has 0 fully saturated rings. The molecule has 0 bridgehead atoms. The zero-order valence-electron chi connectivity index (χ0n) is 9.51. The van der Waals surface area contributed by atoms with Gasteiger partial charge in [-0.15, -0.1) is 0 Å². The SMILES string of the molecule is CSC(=NCC1Cc2ccccc2O1)NC#N. The van der Waals surface area contributed by atoms with Crippen molar-refractivity contribution in [2.45, 2.75) is 12.5 Å². The predicted molar refractivity (Wildman–Crippen MR) is 69.1 cm³/mol.